The van der Waals surface area contributed by atoms with Crippen molar-refractivity contribution in [3.8, 4) is 0 Å². The molecule has 0 bridgehead atoms. The molecule has 0 saturated carbocycles. The van der Waals surface area contributed by atoms with Gasteiger partial charge in [-0.15, -0.1) is 0 Å². The zero-order chi connectivity index (χ0) is 22.8. The van der Waals surface area contributed by atoms with Gasteiger partial charge in [-0.3, -0.25) is 24.3 Å². The number of Topliss-reactive ketones (excluding diaryl/α,β-unsaturated/α-hetero) is 1. The van der Waals surface area contributed by atoms with Crippen LogP contribution in [-0.2, 0) is 19.1 Å². The molecular formula is C25H27N3O4. The van der Waals surface area contributed by atoms with Gasteiger partial charge in [-0.25, -0.2) is 0 Å². The van der Waals surface area contributed by atoms with Crippen molar-refractivity contribution in [2.75, 3.05) is 25.2 Å². The van der Waals surface area contributed by atoms with E-state index in [1.807, 2.05) is 62.1 Å². The van der Waals surface area contributed by atoms with Crippen molar-refractivity contribution in [2.45, 2.75) is 32.9 Å². The Bertz CT molecular complexity index is 1170. The van der Waals surface area contributed by atoms with Crippen LogP contribution in [0.25, 0.3) is 17.0 Å². The Balaban J connectivity index is 1.70. The third-order valence-corrected chi connectivity index (χ3v) is 6.86. The van der Waals surface area contributed by atoms with Crippen LogP contribution < -0.4 is 4.90 Å². The molecule has 2 fully saturated rings. The summed E-state index contributed by atoms with van der Waals surface area (Å²) >= 11 is 0. The number of benzene rings is 1. The molecule has 0 N–H and O–H groups in total. The minimum atomic E-state index is -0.731. The Labute approximate surface area is 187 Å². The van der Waals surface area contributed by atoms with Gasteiger partial charge in [-0.1, -0.05) is 51.1 Å². The van der Waals surface area contributed by atoms with E-state index in [0.29, 0.717) is 0 Å². The lowest BCUT2D eigenvalue weighted by atomic mass is 9.79. The number of hydrogen-bond donors (Lipinski definition) is 0. The predicted molar refractivity (Wildman–Crippen MR) is 121 cm³/mol. The Kier molecular flexibility index (Phi) is 4.71. The first-order valence-electron chi connectivity index (χ1n) is 11.0. The van der Waals surface area contributed by atoms with E-state index in [1.54, 1.807) is 13.3 Å². The summed E-state index contributed by atoms with van der Waals surface area (Å²) in [4.78, 5) is 48.6. The maximum Gasteiger partial charge on any atom is 0.235 e. The van der Waals surface area contributed by atoms with Crippen molar-refractivity contribution in [2.24, 2.45) is 17.3 Å². The maximum atomic E-state index is 13.8. The molecule has 7 heteroatoms. The number of imide groups is 1. The molecule has 1 aromatic heterocycles. The van der Waals surface area contributed by atoms with E-state index in [9.17, 15) is 14.4 Å². The van der Waals surface area contributed by atoms with Crippen LogP contribution in [0.15, 0.2) is 36.5 Å². The van der Waals surface area contributed by atoms with Crippen LogP contribution >= 0.6 is 0 Å². The third kappa shape index (κ3) is 2.84. The second-order valence-electron chi connectivity index (χ2n) is 9.77. The van der Waals surface area contributed by atoms with Crippen molar-refractivity contribution in [1.29, 1.82) is 0 Å². The van der Waals surface area contributed by atoms with E-state index >= 15 is 0 Å². The van der Waals surface area contributed by atoms with Crippen molar-refractivity contribution >= 4 is 40.3 Å². The zero-order valence-corrected chi connectivity index (χ0v) is 18.7. The number of aromatic nitrogens is 1. The molecule has 4 atom stereocenters. The van der Waals surface area contributed by atoms with Crippen LogP contribution in [-0.4, -0.2) is 59.8 Å². The summed E-state index contributed by atoms with van der Waals surface area (Å²) in [6.45, 7) is 6.07. The maximum absolute atomic E-state index is 13.8. The third-order valence-electron chi connectivity index (χ3n) is 6.86. The molecule has 0 aliphatic carbocycles. The van der Waals surface area contributed by atoms with Gasteiger partial charge in [0.1, 0.15) is 6.04 Å². The molecular weight excluding hydrogens is 406 g/mol. The summed E-state index contributed by atoms with van der Waals surface area (Å²) in [6, 6.07) is 6.77. The molecule has 166 valence electrons. The van der Waals surface area contributed by atoms with E-state index in [2.05, 4.69) is 4.98 Å². The van der Waals surface area contributed by atoms with Gasteiger partial charge in [-0.05, 0) is 11.6 Å². The van der Waals surface area contributed by atoms with Crippen LogP contribution in [0.1, 0.15) is 26.3 Å². The largest absolute Gasteiger partial charge is 0.383 e. The summed E-state index contributed by atoms with van der Waals surface area (Å²) in [7, 11) is 1.54. The normalized spacial score (nSPS) is 26.5. The fraction of sp³-hybridized carbons (Fsp3) is 0.440. The minimum absolute atomic E-state index is 0.0427. The van der Waals surface area contributed by atoms with Crippen molar-refractivity contribution in [3.05, 3.63) is 42.1 Å². The number of hydrogen-bond acceptors (Lipinski definition) is 6. The number of ether oxygens (including phenoxy) is 1. The van der Waals surface area contributed by atoms with Crippen LogP contribution in [0.4, 0.5) is 5.69 Å². The van der Waals surface area contributed by atoms with Gasteiger partial charge in [0.05, 0.1) is 42.2 Å². The molecule has 7 nitrogen and oxygen atoms in total. The first-order valence-corrected chi connectivity index (χ1v) is 11.0. The van der Waals surface area contributed by atoms with E-state index in [1.165, 1.54) is 4.90 Å². The number of pyridine rings is 1. The second-order valence-corrected chi connectivity index (χ2v) is 9.77. The number of carbonyl (C=O) groups excluding carboxylic acids is 3. The van der Waals surface area contributed by atoms with Crippen molar-refractivity contribution < 1.29 is 19.1 Å². The van der Waals surface area contributed by atoms with Gasteiger partial charge < -0.3 is 9.64 Å². The lowest BCUT2D eigenvalue weighted by Gasteiger charge is -2.39. The lowest BCUT2D eigenvalue weighted by Crippen LogP contribution is -2.51. The van der Waals surface area contributed by atoms with Gasteiger partial charge in [0.15, 0.2) is 5.78 Å². The highest BCUT2D eigenvalue weighted by molar-refractivity contribution is 6.13. The quantitative estimate of drug-likeness (QED) is 0.690. The van der Waals surface area contributed by atoms with Crippen LogP contribution in [0.5, 0.6) is 0 Å². The average Bonchev–Trinajstić information content (AvgIpc) is 3.23. The lowest BCUT2D eigenvalue weighted by molar-refractivity contribution is -0.142. The molecule has 3 aliphatic heterocycles. The fourth-order valence-corrected chi connectivity index (χ4v) is 5.39. The molecule has 3 aliphatic rings. The number of anilines is 1. The molecule has 2 aromatic rings. The van der Waals surface area contributed by atoms with Gasteiger partial charge in [0.25, 0.3) is 0 Å². The summed E-state index contributed by atoms with van der Waals surface area (Å²) in [5.41, 5.74) is 1.88. The monoisotopic (exact) mass is 433 g/mol. The molecule has 0 radical (unpaired) electrons. The molecule has 1 aromatic carbocycles. The molecule has 32 heavy (non-hydrogen) atoms. The predicted octanol–water partition coefficient (Wildman–Crippen LogP) is 2.68. The number of likely N-dealkylation sites (tertiary alicyclic amines) is 1. The standard InChI is InChI=1S/C25H27N3O4/c1-25(2,3)22(29)21-18-17(23(30)27(24(18)31)12-13-32-4)16-10-9-15-8-7-14-6-5-11-26-19(14)20(15)28(16)21/h5-11,16-18,21H,12-13H2,1-4H3/t16-,17-,18+,21-/m1/s1. The summed E-state index contributed by atoms with van der Waals surface area (Å²) in [5, 5.41) is 0.957. The van der Waals surface area contributed by atoms with Crippen LogP contribution in [0.3, 0.4) is 0 Å². The summed E-state index contributed by atoms with van der Waals surface area (Å²) < 4.78 is 5.11. The van der Waals surface area contributed by atoms with Crippen LogP contribution in [0.2, 0.25) is 0 Å². The number of ketones is 1. The van der Waals surface area contributed by atoms with Gasteiger partial charge >= 0.3 is 0 Å². The minimum Gasteiger partial charge on any atom is -0.383 e. The van der Waals surface area contributed by atoms with Gasteiger partial charge in [-0.2, -0.15) is 0 Å². The molecule has 0 unspecified atom stereocenters. The highest BCUT2D eigenvalue weighted by Crippen LogP contribution is 2.51. The number of carbonyl (C=O) groups is 3. The molecule has 4 heterocycles. The highest BCUT2D eigenvalue weighted by atomic mass is 16.5. The molecule has 2 amide bonds. The Hall–Kier alpha value is -3.06. The van der Waals surface area contributed by atoms with E-state index in [0.717, 1.165) is 22.2 Å². The Morgan fingerprint density at radius 2 is 1.88 bits per heavy atom. The average molecular weight is 434 g/mol. The Morgan fingerprint density at radius 1 is 1.12 bits per heavy atom. The van der Waals surface area contributed by atoms with E-state index in [-0.39, 0.29) is 36.8 Å². The number of rotatable bonds is 4. The van der Waals surface area contributed by atoms with Gasteiger partial charge in [0.2, 0.25) is 11.8 Å². The van der Waals surface area contributed by atoms with E-state index in [4.69, 9.17) is 4.74 Å². The summed E-state index contributed by atoms with van der Waals surface area (Å²) in [6.07, 6.45) is 5.69. The fourth-order valence-electron chi connectivity index (χ4n) is 5.39. The first kappa shape index (κ1) is 20.8. The van der Waals surface area contributed by atoms with Gasteiger partial charge in [0, 0.05) is 24.1 Å². The first-order chi connectivity index (χ1) is 15.3. The zero-order valence-electron chi connectivity index (χ0n) is 18.7. The SMILES string of the molecule is COCCN1C(=O)[C@H]2[C@H](C1=O)[C@H](C(=O)C(C)(C)C)N1c3c(ccc4cccnc34)C=C[C@H]21. The molecule has 2 saturated heterocycles. The van der Waals surface area contributed by atoms with Crippen molar-refractivity contribution in [1.82, 2.24) is 9.88 Å². The summed E-state index contributed by atoms with van der Waals surface area (Å²) in [5.74, 6) is -1.86. The molecule has 5 rings (SSSR count). The number of nitrogens with zero attached hydrogens (tertiary/aromatic N) is 3. The molecule has 0 spiro atoms. The van der Waals surface area contributed by atoms with Crippen LogP contribution in [0, 0.1) is 17.3 Å². The number of methoxy groups -OCH3 is 1. The van der Waals surface area contributed by atoms with E-state index < -0.39 is 23.3 Å². The topological polar surface area (TPSA) is 79.8 Å². The number of fused-ring (bicyclic) bond motifs is 7. The number of amides is 2. The Morgan fingerprint density at radius 3 is 2.59 bits per heavy atom. The smallest absolute Gasteiger partial charge is 0.235 e. The van der Waals surface area contributed by atoms with Crippen molar-refractivity contribution in [3.63, 3.8) is 0 Å². The second kappa shape index (κ2) is 7.24. The highest BCUT2D eigenvalue weighted by Gasteiger charge is 2.64.